The van der Waals surface area contributed by atoms with Crippen molar-refractivity contribution in [2.45, 2.75) is 24.6 Å². The van der Waals surface area contributed by atoms with Crippen LogP contribution < -0.4 is 10.6 Å². The zero-order valence-electron chi connectivity index (χ0n) is 11.2. The van der Waals surface area contributed by atoms with Gasteiger partial charge in [0.05, 0.1) is 5.75 Å². The van der Waals surface area contributed by atoms with Crippen molar-refractivity contribution in [2.75, 3.05) is 18.8 Å². The molecule has 20 heavy (non-hydrogen) atoms. The maximum Gasteiger partial charge on any atom is 0.230 e. The number of carbonyl (C=O) groups excluding carboxylic acids is 1. The average molecular weight is 335 g/mol. The third-order valence-electron chi connectivity index (χ3n) is 3.05. The highest BCUT2D eigenvalue weighted by molar-refractivity contribution is 7.99. The molecule has 2 N–H and O–H groups in total. The Morgan fingerprint density at radius 3 is 3.05 bits per heavy atom. The van der Waals surface area contributed by atoms with Crippen LogP contribution in [-0.4, -0.2) is 30.8 Å². The van der Waals surface area contributed by atoms with Crippen molar-refractivity contribution >= 4 is 41.7 Å². The Morgan fingerprint density at radius 1 is 1.50 bits per heavy atom. The highest BCUT2D eigenvalue weighted by Gasteiger charge is 2.14. The van der Waals surface area contributed by atoms with Gasteiger partial charge in [-0.25, -0.2) is 0 Å². The standard InChI is InChI=1S/C14H19ClN2OS.ClH/c15-12-4-1-3-11(7-12)9-19-10-14(18)17-13-5-2-6-16-8-13;/h1,3-4,7,13,16H,2,5-6,8-10H2,(H,17,18);1H. The van der Waals surface area contributed by atoms with Crippen LogP contribution in [0.25, 0.3) is 0 Å². The van der Waals surface area contributed by atoms with Crippen LogP contribution in [-0.2, 0) is 10.5 Å². The molecule has 3 nitrogen and oxygen atoms in total. The van der Waals surface area contributed by atoms with Crippen LogP contribution in [0.2, 0.25) is 5.02 Å². The van der Waals surface area contributed by atoms with E-state index in [9.17, 15) is 4.79 Å². The lowest BCUT2D eigenvalue weighted by atomic mass is 10.1. The summed E-state index contributed by atoms with van der Waals surface area (Å²) in [5, 5.41) is 7.11. The lowest BCUT2D eigenvalue weighted by molar-refractivity contribution is -0.119. The minimum absolute atomic E-state index is 0. The first kappa shape index (κ1) is 17.6. The maximum atomic E-state index is 11.8. The van der Waals surface area contributed by atoms with Crippen molar-refractivity contribution in [3.05, 3.63) is 34.9 Å². The first-order chi connectivity index (χ1) is 9.24. The fourth-order valence-electron chi connectivity index (χ4n) is 2.13. The van der Waals surface area contributed by atoms with Crippen LogP contribution in [0.5, 0.6) is 0 Å². The second-order valence-corrected chi connectivity index (χ2v) is 6.16. The van der Waals surface area contributed by atoms with Gasteiger partial charge >= 0.3 is 0 Å². The van der Waals surface area contributed by atoms with Crippen LogP contribution in [0.15, 0.2) is 24.3 Å². The maximum absolute atomic E-state index is 11.8. The molecular formula is C14H20Cl2N2OS. The van der Waals surface area contributed by atoms with E-state index in [4.69, 9.17) is 11.6 Å². The van der Waals surface area contributed by atoms with Gasteiger partial charge in [0.15, 0.2) is 0 Å². The summed E-state index contributed by atoms with van der Waals surface area (Å²) in [5.41, 5.74) is 1.16. The van der Waals surface area contributed by atoms with Gasteiger partial charge in [0.25, 0.3) is 0 Å². The Hall–Kier alpha value is -0.420. The predicted octanol–water partition coefficient (Wildman–Crippen LogP) is 2.86. The summed E-state index contributed by atoms with van der Waals surface area (Å²) >= 11 is 7.54. The van der Waals surface area contributed by atoms with Crippen molar-refractivity contribution in [2.24, 2.45) is 0 Å². The van der Waals surface area contributed by atoms with Gasteiger partial charge in [-0.05, 0) is 37.1 Å². The Labute approximate surface area is 135 Å². The van der Waals surface area contributed by atoms with E-state index in [2.05, 4.69) is 10.6 Å². The zero-order chi connectivity index (χ0) is 13.5. The van der Waals surface area contributed by atoms with Crippen molar-refractivity contribution in [1.29, 1.82) is 0 Å². The Kier molecular flexibility index (Phi) is 8.38. The van der Waals surface area contributed by atoms with Crippen molar-refractivity contribution < 1.29 is 4.79 Å². The molecule has 1 atom stereocenters. The third kappa shape index (κ3) is 6.35. The molecule has 0 radical (unpaired) electrons. The van der Waals surface area contributed by atoms with Crippen molar-refractivity contribution in [1.82, 2.24) is 10.6 Å². The number of amides is 1. The second-order valence-electron chi connectivity index (χ2n) is 4.73. The van der Waals surface area contributed by atoms with Gasteiger partial charge in [0.2, 0.25) is 5.91 Å². The fourth-order valence-corrected chi connectivity index (χ4v) is 3.13. The van der Waals surface area contributed by atoms with Gasteiger partial charge in [-0.3, -0.25) is 4.79 Å². The molecule has 1 aliphatic rings. The zero-order valence-corrected chi connectivity index (χ0v) is 13.6. The van der Waals surface area contributed by atoms with Gasteiger partial charge in [-0.2, -0.15) is 0 Å². The number of benzene rings is 1. The summed E-state index contributed by atoms with van der Waals surface area (Å²) in [4.78, 5) is 11.8. The molecule has 6 heteroatoms. The second kappa shape index (κ2) is 9.50. The van der Waals surface area contributed by atoms with Crippen molar-refractivity contribution in [3.8, 4) is 0 Å². The Balaban J connectivity index is 0.00000200. The smallest absolute Gasteiger partial charge is 0.230 e. The van der Waals surface area contributed by atoms with E-state index < -0.39 is 0 Å². The molecular weight excluding hydrogens is 315 g/mol. The highest BCUT2D eigenvalue weighted by atomic mass is 35.5. The molecule has 1 amide bonds. The number of hydrogen-bond acceptors (Lipinski definition) is 3. The number of nitrogens with one attached hydrogen (secondary N) is 2. The molecule has 1 aromatic rings. The van der Waals surface area contributed by atoms with Crippen LogP contribution in [0.3, 0.4) is 0 Å². The first-order valence-electron chi connectivity index (χ1n) is 6.56. The normalized spacial score (nSPS) is 18.1. The van der Waals surface area contributed by atoms with E-state index >= 15 is 0 Å². The molecule has 1 fully saturated rings. The number of thioether (sulfide) groups is 1. The summed E-state index contributed by atoms with van der Waals surface area (Å²) in [5.74, 6) is 1.45. The van der Waals surface area contributed by atoms with Crippen LogP contribution in [0.1, 0.15) is 18.4 Å². The SMILES string of the molecule is Cl.O=C(CSCc1cccc(Cl)c1)NC1CCCNC1. The molecule has 0 saturated carbocycles. The molecule has 0 bridgehead atoms. The van der Waals surface area contributed by atoms with E-state index in [-0.39, 0.29) is 18.3 Å². The monoisotopic (exact) mass is 334 g/mol. The van der Waals surface area contributed by atoms with Gasteiger partial charge in [0.1, 0.15) is 0 Å². The van der Waals surface area contributed by atoms with Gasteiger partial charge < -0.3 is 10.6 Å². The van der Waals surface area contributed by atoms with Gasteiger partial charge in [-0.1, -0.05) is 23.7 Å². The van der Waals surface area contributed by atoms with Crippen molar-refractivity contribution in [3.63, 3.8) is 0 Å². The van der Waals surface area contributed by atoms with E-state index in [0.717, 1.165) is 42.3 Å². The minimum Gasteiger partial charge on any atom is -0.351 e. The molecule has 2 rings (SSSR count). The molecule has 0 spiro atoms. The first-order valence-corrected chi connectivity index (χ1v) is 8.09. The summed E-state index contributed by atoms with van der Waals surface area (Å²) < 4.78 is 0. The van der Waals surface area contributed by atoms with Gasteiger partial charge in [-0.15, -0.1) is 24.2 Å². The molecule has 0 aromatic heterocycles. The summed E-state index contributed by atoms with van der Waals surface area (Å²) in [6.45, 7) is 1.96. The Morgan fingerprint density at radius 2 is 2.35 bits per heavy atom. The lowest BCUT2D eigenvalue weighted by Gasteiger charge is -2.23. The molecule has 1 heterocycles. The third-order valence-corrected chi connectivity index (χ3v) is 4.29. The number of halogens is 2. The molecule has 0 aliphatic carbocycles. The number of hydrogen-bond donors (Lipinski definition) is 2. The molecule has 1 saturated heterocycles. The van der Waals surface area contributed by atoms with E-state index in [1.54, 1.807) is 11.8 Å². The summed E-state index contributed by atoms with van der Waals surface area (Å²) in [6, 6.07) is 8.07. The summed E-state index contributed by atoms with van der Waals surface area (Å²) in [6.07, 6.45) is 2.22. The largest absolute Gasteiger partial charge is 0.351 e. The predicted molar refractivity (Wildman–Crippen MR) is 88.9 cm³/mol. The topological polar surface area (TPSA) is 41.1 Å². The fraction of sp³-hybridized carbons (Fsp3) is 0.500. The number of carbonyl (C=O) groups is 1. The van der Waals surface area contributed by atoms with Gasteiger partial charge in [0, 0.05) is 23.4 Å². The van der Waals surface area contributed by atoms with E-state index in [1.807, 2.05) is 24.3 Å². The Bertz CT molecular complexity index is 425. The van der Waals surface area contributed by atoms with E-state index in [0.29, 0.717) is 11.8 Å². The van der Waals surface area contributed by atoms with Crippen LogP contribution in [0, 0.1) is 0 Å². The van der Waals surface area contributed by atoms with Crippen LogP contribution in [0.4, 0.5) is 0 Å². The lowest BCUT2D eigenvalue weighted by Crippen LogP contribution is -2.46. The molecule has 1 unspecified atom stereocenters. The minimum atomic E-state index is 0. The van der Waals surface area contributed by atoms with E-state index in [1.165, 1.54) is 0 Å². The number of rotatable bonds is 5. The highest BCUT2D eigenvalue weighted by Crippen LogP contribution is 2.16. The summed E-state index contributed by atoms with van der Waals surface area (Å²) in [7, 11) is 0. The quantitative estimate of drug-likeness (QED) is 0.869. The molecule has 1 aliphatic heterocycles. The number of piperidine rings is 1. The molecule has 1 aromatic carbocycles. The van der Waals surface area contributed by atoms with Crippen LogP contribution >= 0.6 is 35.8 Å². The average Bonchev–Trinajstić information content (AvgIpc) is 2.40. The molecule has 112 valence electrons.